The fraction of sp³-hybridized carbons (Fsp3) is 0.308. The largest absolute Gasteiger partial charge is 0.489 e. The molecule has 35 heavy (non-hydrogen) atoms. The third-order valence-electron chi connectivity index (χ3n) is 5.16. The predicted octanol–water partition coefficient (Wildman–Crippen LogP) is 4.67. The minimum Gasteiger partial charge on any atom is -0.489 e. The fourth-order valence-electron chi connectivity index (χ4n) is 3.47. The molecule has 0 fully saturated rings. The molecule has 0 spiro atoms. The second-order valence-corrected chi connectivity index (χ2v) is 11.5. The Morgan fingerprint density at radius 3 is 1.40 bits per heavy atom. The van der Waals surface area contributed by atoms with Gasteiger partial charge in [-0.05, 0) is 36.1 Å². The summed E-state index contributed by atoms with van der Waals surface area (Å²) in [5.41, 5.74) is 1.63. The first-order valence-electron chi connectivity index (χ1n) is 11.6. The molecule has 0 bridgehead atoms. The zero-order valence-electron chi connectivity index (χ0n) is 19.6. The van der Waals surface area contributed by atoms with Crippen molar-refractivity contribution in [3.8, 4) is 11.5 Å². The van der Waals surface area contributed by atoms with Gasteiger partial charge in [-0.25, -0.2) is 0 Å². The highest BCUT2D eigenvalue weighted by Crippen LogP contribution is 2.48. The van der Waals surface area contributed by atoms with Crippen molar-refractivity contribution >= 4 is 34.8 Å². The molecule has 0 aromatic heterocycles. The summed E-state index contributed by atoms with van der Waals surface area (Å²) in [6.45, 7) is 3.78. The Morgan fingerprint density at radius 1 is 0.514 bits per heavy atom. The molecule has 186 valence electrons. The van der Waals surface area contributed by atoms with Gasteiger partial charge in [0.2, 0.25) is 0 Å². The van der Waals surface area contributed by atoms with Crippen LogP contribution >= 0.6 is 6.34 Å². The first kappa shape index (κ1) is 25.5. The van der Waals surface area contributed by atoms with Crippen molar-refractivity contribution in [3.63, 3.8) is 0 Å². The van der Waals surface area contributed by atoms with Gasteiger partial charge in [0, 0.05) is 5.30 Å². The lowest BCUT2D eigenvalue weighted by atomic mass is 10.3. The maximum atomic E-state index is 6.30. The summed E-state index contributed by atoms with van der Waals surface area (Å²) in [7, 11) is 0. The van der Waals surface area contributed by atoms with Crippen LogP contribution in [0, 0.1) is 0 Å². The molecule has 1 aliphatic rings. The number of rotatable bonds is 1. The first-order valence-corrected chi connectivity index (χ1v) is 14.4. The molecule has 0 amide bonds. The van der Waals surface area contributed by atoms with Gasteiger partial charge >= 0.3 is 0 Å². The maximum Gasteiger partial charge on any atom is 0.148 e. The van der Waals surface area contributed by atoms with Crippen molar-refractivity contribution in [3.05, 3.63) is 78.9 Å². The molecule has 0 atom stereocenters. The molecular formula is C26H31N2O5PS. The summed E-state index contributed by atoms with van der Waals surface area (Å²) in [5, 5.41) is 8.20. The lowest BCUT2D eigenvalue weighted by molar-refractivity contribution is 0.00505. The van der Waals surface area contributed by atoms with Gasteiger partial charge in [-0.15, -0.1) is 0 Å². The number of fused-ring (bicyclic) bond motifs is 2. The van der Waals surface area contributed by atoms with Crippen molar-refractivity contribution in [1.29, 1.82) is 0 Å². The van der Waals surface area contributed by atoms with E-state index in [-0.39, 0.29) is 0 Å². The Hall–Kier alpha value is -2.61. The number of para-hydroxylation sites is 4. The molecule has 0 unspecified atom stereocenters. The van der Waals surface area contributed by atoms with Crippen LogP contribution in [0.25, 0.3) is 0 Å². The Kier molecular flexibility index (Phi) is 9.81. The van der Waals surface area contributed by atoms with Crippen LogP contribution in [0.4, 0.5) is 11.4 Å². The smallest absolute Gasteiger partial charge is 0.148 e. The lowest BCUT2D eigenvalue weighted by Gasteiger charge is -2.29. The van der Waals surface area contributed by atoms with E-state index in [1.807, 2.05) is 78.9 Å². The van der Waals surface area contributed by atoms with E-state index >= 15 is 0 Å². The molecule has 0 aliphatic carbocycles. The van der Waals surface area contributed by atoms with Gasteiger partial charge in [0.15, 0.2) is 0 Å². The number of hydrogen-bond acceptors (Lipinski definition) is 6. The molecule has 9 heteroatoms. The summed E-state index contributed by atoms with van der Waals surface area (Å²) in [4.78, 5) is 0. The van der Waals surface area contributed by atoms with E-state index in [1.165, 1.54) is 0 Å². The number of nitrogens with one attached hydrogen (secondary N) is 2. The van der Waals surface area contributed by atoms with E-state index in [1.54, 1.807) is 0 Å². The Balaban J connectivity index is 1.63. The van der Waals surface area contributed by atoms with Crippen molar-refractivity contribution in [2.24, 2.45) is 0 Å². The zero-order chi connectivity index (χ0) is 24.2. The summed E-state index contributed by atoms with van der Waals surface area (Å²) < 4.78 is 28.9. The van der Waals surface area contributed by atoms with Gasteiger partial charge < -0.3 is 33.9 Å². The Labute approximate surface area is 211 Å². The standard InChI is InChI=1S/C26H31N2O5PS/c35-34(22-8-2-1-3-9-22)27-23-10-4-6-12-25(23)32-20-18-30-16-14-29-15-17-31-19-21-33-26-13-7-5-11-24(26)28-34/h1-13H,14-21H2,(H2,27,28,35). The molecule has 0 saturated heterocycles. The average molecular weight is 515 g/mol. The third-order valence-corrected chi connectivity index (χ3v) is 8.48. The molecule has 7 nitrogen and oxygen atoms in total. The maximum absolute atomic E-state index is 6.30. The summed E-state index contributed by atoms with van der Waals surface area (Å²) in [6, 6.07) is 25.7. The van der Waals surface area contributed by atoms with E-state index < -0.39 is 6.34 Å². The molecule has 0 radical (unpaired) electrons. The minimum absolute atomic E-state index is 0.417. The normalized spacial score (nSPS) is 17.7. The zero-order valence-corrected chi connectivity index (χ0v) is 21.3. The summed E-state index contributed by atoms with van der Waals surface area (Å²) in [6.07, 6.45) is -2.56. The van der Waals surface area contributed by atoms with Crippen LogP contribution < -0.4 is 25.0 Å². The van der Waals surface area contributed by atoms with Gasteiger partial charge in [0.05, 0.1) is 51.0 Å². The SMILES string of the molecule is S=P1(c2ccccc2)Nc2ccccc2OCCOCCOCCOCCOc2ccccc2N1. The Morgan fingerprint density at radius 2 is 0.914 bits per heavy atom. The van der Waals surface area contributed by atoms with E-state index in [0.717, 1.165) is 28.2 Å². The second-order valence-electron chi connectivity index (χ2n) is 7.69. The topological polar surface area (TPSA) is 70.2 Å². The molecule has 3 aromatic carbocycles. The van der Waals surface area contributed by atoms with Crippen molar-refractivity contribution < 1.29 is 23.7 Å². The molecule has 4 rings (SSSR count). The van der Waals surface area contributed by atoms with Gasteiger partial charge in [-0.1, -0.05) is 54.6 Å². The highest BCUT2D eigenvalue weighted by Gasteiger charge is 2.23. The van der Waals surface area contributed by atoms with Gasteiger partial charge in [0.25, 0.3) is 0 Å². The van der Waals surface area contributed by atoms with Crippen molar-refractivity contribution in [2.75, 3.05) is 63.0 Å². The van der Waals surface area contributed by atoms with Crippen molar-refractivity contribution in [2.45, 2.75) is 0 Å². The van der Waals surface area contributed by atoms with Crippen LogP contribution in [0.5, 0.6) is 11.5 Å². The lowest BCUT2D eigenvalue weighted by Crippen LogP contribution is -2.19. The molecular weight excluding hydrogens is 483 g/mol. The van der Waals surface area contributed by atoms with Crippen LogP contribution in [0.2, 0.25) is 0 Å². The van der Waals surface area contributed by atoms with Gasteiger partial charge in [-0.3, -0.25) is 0 Å². The molecule has 0 saturated carbocycles. The number of anilines is 2. The van der Waals surface area contributed by atoms with Crippen molar-refractivity contribution in [1.82, 2.24) is 0 Å². The van der Waals surface area contributed by atoms with Gasteiger partial charge in [-0.2, -0.15) is 0 Å². The fourth-order valence-corrected chi connectivity index (χ4v) is 6.38. The van der Waals surface area contributed by atoms with E-state index in [0.29, 0.717) is 52.9 Å². The quantitative estimate of drug-likeness (QED) is 0.455. The molecule has 3 aromatic rings. The second kappa shape index (κ2) is 13.5. The van der Waals surface area contributed by atoms with E-state index in [4.69, 9.17) is 35.5 Å². The van der Waals surface area contributed by atoms with Crippen LogP contribution in [0.15, 0.2) is 78.9 Å². The van der Waals surface area contributed by atoms with E-state index in [9.17, 15) is 0 Å². The number of hydrogen-bond donors (Lipinski definition) is 2. The highest BCUT2D eigenvalue weighted by atomic mass is 32.4. The third kappa shape index (κ3) is 7.69. The average Bonchev–Trinajstić information content (AvgIpc) is 2.88. The molecule has 1 aliphatic heterocycles. The van der Waals surface area contributed by atoms with Crippen LogP contribution in [0.1, 0.15) is 0 Å². The summed E-state index contributed by atoms with van der Waals surface area (Å²) in [5.74, 6) is 1.44. The van der Waals surface area contributed by atoms with Crippen LogP contribution in [-0.4, -0.2) is 52.9 Å². The first-order chi connectivity index (χ1) is 17.2. The van der Waals surface area contributed by atoms with Crippen LogP contribution in [-0.2, 0) is 26.0 Å². The predicted molar refractivity (Wildman–Crippen MR) is 144 cm³/mol. The number of benzene rings is 3. The molecule has 2 N–H and O–H groups in total. The van der Waals surface area contributed by atoms with Crippen LogP contribution in [0.3, 0.4) is 0 Å². The van der Waals surface area contributed by atoms with E-state index in [2.05, 4.69) is 10.2 Å². The summed E-state index contributed by atoms with van der Waals surface area (Å²) >= 11 is 6.30. The molecule has 1 heterocycles. The Bertz CT molecular complexity index is 1040. The number of ether oxygens (including phenoxy) is 5. The minimum atomic E-state index is -2.56. The monoisotopic (exact) mass is 514 g/mol. The highest BCUT2D eigenvalue weighted by molar-refractivity contribution is 8.19. The van der Waals surface area contributed by atoms with Gasteiger partial charge in [0.1, 0.15) is 31.1 Å².